The third-order valence-corrected chi connectivity index (χ3v) is 4.85. The smallest absolute Gasteiger partial charge is 0.0380 e. The van der Waals surface area contributed by atoms with E-state index >= 15 is 0 Å². The molecule has 1 fully saturated rings. The standard InChI is InChI=1S/C16H25BrN2/c1-3-19(13-7-5-4-6-8-13)14-9-10-15(12(2)18)16(17)11-14/h9-13H,3-8,18H2,1-2H3. The van der Waals surface area contributed by atoms with Gasteiger partial charge in [0.15, 0.2) is 0 Å². The van der Waals surface area contributed by atoms with Crippen LogP contribution in [-0.2, 0) is 0 Å². The molecule has 106 valence electrons. The lowest BCUT2D eigenvalue weighted by atomic mass is 9.93. The van der Waals surface area contributed by atoms with Crippen molar-refractivity contribution in [1.82, 2.24) is 0 Å². The lowest BCUT2D eigenvalue weighted by molar-refractivity contribution is 0.418. The van der Waals surface area contributed by atoms with Gasteiger partial charge < -0.3 is 10.6 Å². The molecule has 3 heteroatoms. The molecule has 1 saturated carbocycles. The number of halogens is 1. The molecule has 0 bridgehead atoms. The Balaban J connectivity index is 2.20. The van der Waals surface area contributed by atoms with E-state index in [2.05, 4.69) is 46.0 Å². The quantitative estimate of drug-likeness (QED) is 0.875. The number of benzene rings is 1. The molecule has 2 N–H and O–H groups in total. The van der Waals surface area contributed by atoms with Gasteiger partial charge in [-0.25, -0.2) is 0 Å². The molecule has 0 heterocycles. The Labute approximate surface area is 125 Å². The van der Waals surface area contributed by atoms with Gasteiger partial charge in [0.2, 0.25) is 0 Å². The van der Waals surface area contributed by atoms with Crippen LogP contribution in [-0.4, -0.2) is 12.6 Å². The number of nitrogens with zero attached hydrogens (tertiary/aromatic N) is 1. The van der Waals surface area contributed by atoms with Crippen LogP contribution >= 0.6 is 15.9 Å². The Morgan fingerprint density at radius 1 is 1.32 bits per heavy atom. The predicted octanol–water partition coefficient (Wildman–Crippen LogP) is 4.63. The van der Waals surface area contributed by atoms with Crippen molar-refractivity contribution in [3.05, 3.63) is 28.2 Å². The van der Waals surface area contributed by atoms with E-state index < -0.39 is 0 Å². The van der Waals surface area contributed by atoms with Crippen LogP contribution in [0.1, 0.15) is 57.6 Å². The highest BCUT2D eigenvalue weighted by Crippen LogP contribution is 2.31. The molecule has 0 spiro atoms. The van der Waals surface area contributed by atoms with E-state index in [1.807, 2.05) is 6.92 Å². The van der Waals surface area contributed by atoms with Crippen LogP contribution in [0.3, 0.4) is 0 Å². The van der Waals surface area contributed by atoms with Gasteiger partial charge in [0.25, 0.3) is 0 Å². The summed E-state index contributed by atoms with van der Waals surface area (Å²) < 4.78 is 1.13. The molecule has 1 atom stereocenters. The average molecular weight is 325 g/mol. The van der Waals surface area contributed by atoms with Crippen molar-refractivity contribution in [2.24, 2.45) is 5.73 Å². The summed E-state index contributed by atoms with van der Waals surface area (Å²) in [5.41, 5.74) is 8.48. The van der Waals surface area contributed by atoms with Gasteiger partial charge in [-0.1, -0.05) is 41.3 Å². The van der Waals surface area contributed by atoms with E-state index in [1.54, 1.807) is 0 Å². The van der Waals surface area contributed by atoms with Crippen LogP contribution in [0.5, 0.6) is 0 Å². The molecule has 0 amide bonds. The van der Waals surface area contributed by atoms with Crippen LogP contribution in [0.2, 0.25) is 0 Å². The molecular weight excluding hydrogens is 300 g/mol. The third-order valence-electron chi connectivity index (χ3n) is 4.16. The lowest BCUT2D eigenvalue weighted by Gasteiger charge is -2.35. The van der Waals surface area contributed by atoms with Crippen LogP contribution in [0.4, 0.5) is 5.69 Å². The monoisotopic (exact) mass is 324 g/mol. The molecule has 19 heavy (non-hydrogen) atoms. The Morgan fingerprint density at radius 3 is 2.53 bits per heavy atom. The summed E-state index contributed by atoms with van der Waals surface area (Å²) in [5.74, 6) is 0. The van der Waals surface area contributed by atoms with Crippen LogP contribution in [0.15, 0.2) is 22.7 Å². The highest BCUT2D eigenvalue weighted by atomic mass is 79.9. The normalized spacial score (nSPS) is 18.3. The zero-order valence-electron chi connectivity index (χ0n) is 12.0. The molecule has 0 aliphatic heterocycles. The van der Waals surface area contributed by atoms with E-state index in [0.29, 0.717) is 6.04 Å². The topological polar surface area (TPSA) is 29.3 Å². The summed E-state index contributed by atoms with van der Waals surface area (Å²) in [4.78, 5) is 2.55. The van der Waals surface area contributed by atoms with E-state index in [0.717, 1.165) is 11.0 Å². The molecule has 2 nitrogen and oxygen atoms in total. The summed E-state index contributed by atoms with van der Waals surface area (Å²) in [6.45, 7) is 5.36. The first kappa shape index (κ1) is 14.9. The third kappa shape index (κ3) is 3.51. The summed E-state index contributed by atoms with van der Waals surface area (Å²) in [5, 5.41) is 0. The summed E-state index contributed by atoms with van der Waals surface area (Å²) in [6.07, 6.45) is 6.82. The molecular formula is C16H25BrN2. The SMILES string of the molecule is CCN(c1ccc(C(C)N)c(Br)c1)C1CCCCC1. The van der Waals surface area contributed by atoms with Gasteiger partial charge in [-0.15, -0.1) is 0 Å². The van der Waals surface area contributed by atoms with Gasteiger partial charge in [-0.3, -0.25) is 0 Å². The van der Waals surface area contributed by atoms with Crippen molar-refractivity contribution >= 4 is 21.6 Å². The molecule has 0 radical (unpaired) electrons. The van der Waals surface area contributed by atoms with E-state index in [1.165, 1.54) is 43.4 Å². The number of hydrogen-bond donors (Lipinski definition) is 1. The van der Waals surface area contributed by atoms with Crippen molar-refractivity contribution in [3.63, 3.8) is 0 Å². The number of rotatable bonds is 4. The van der Waals surface area contributed by atoms with E-state index in [-0.39, 0.29) is 6.04 Å². The molecule has 0 aromatic heterocycles. The fourth-order valence-electron chi connectivity index (χ4n) is 3.11. The number of hydrogen-bond acceptors (Lipinski definition) is 2. The summed E-state index contributed by atoms with van der Waals surface area (Å²) >= 11 is 3.66. The molecule has 1 aromatic carbocycles. The minimum absolute atomic E-state index is 0.0770. The maximum atomic E-state index is 5.97. The molecule has 2 rings (SSSR count). The van der Waals surface area contributed by atoms with Crippen molar-refractivity contribution in [3.8, 4) is 0 Å². The van der Waals surface area contributed by atoms with Crippen LogP contribution in [0.25, 0.3) is 0 Å². The van der Waals surface area contributed by atoms with Crippen LogP contribution in [0, 0.1) is 0 Å². The average Bonchev–Trinajstić information content (AvgIpc) is 2.40. The van der Waals surface area contributed by atoms with Gasteiger partial charge in [0.05, 0.1) is 0 Å². The molecule has 1 aliphatic rings. The molecule has 1 aliphatic carbocycles. The van der Waals surface area contributed by atoms with E-state index in [9.17, 15) is 0 Å². The first-order chi connectivity index (χ1) is 9.13. The van der Waals surface area contributed by atoms with Crippen molar-refractivity contribution in [2.75, 3.05) is 11.4 Å². The molecule has 1 aromatic rings. The van der Waals surface area contributed by atoms with Crippen molar-refractivity contribution in [2.45, 2.75) is 58.0 Å². The Hall–Kier alpha value is -0.540. The fourth-order valence-corrected chi connectivity index (χ4v) is 3.84. The maximum Gasteiger partial charge on any atom is 0.0380 e. The second kappa shape index (κ2) is 6.76. The van der Waals surface area contributed by atoms with Crippen LogP contribution < -0.4 is 10.6 Å². The highest BCUT2D eigenvalue weighted by Gasteiger charge is 2.20. The van der Waals surface area contributed by atoms with Gasteiger partial charge in [0.1, 0.15) is 0 Å². The van der Waals surface area contributed by atoms with Gasteiger partial charge >= 0.3 is 0 Å². The number of nitrogens with two attached hydrogens (primary N) is 1. The summed E-state index contributed by atoms with van der Waals surface area (Å²) in [6, 6.07) is 7.41. The van der Waals surface area contributed by atoms with Gasteiger partial charge in [-0.05, 0) is 44.4 Å². The fraction of sp³-hybridized carbons (Fsp3) is 0.625. The lowest BCUT2D eigenvalue weighted by Crippen LogP contribution is -2.36. The number of anilines is 1. The second-order valence-corrected chi connectivity index (χ2v) is 6.43. The zero-order chi connectivity index (χ0) is 13.8. The van der Waals surface area contributed by atoms with Crippen molar-refractivity contribution < 1.29 is 0 Å². The first-order valence-electron chi connectivity index (χ1n) is 7.45. The summed E-state index contributed by atoms with van der Waals surface area (Å²) in [7, 11) is 0. The Kier molecular flexibility index (Phi) is 5.28. The largest absolute Gasteiger partial charge is 0.369 e. The van der Waals surface area contributed by atoms with Gasteiger partial charge in [-0.2, -0.15) is 0 Å². The molecule has 1 unspecified atom stereocenters. The first-order valence-corrected chi connectivity index (χ1v) is 8.24. The predicted molar refractivity (Wildman–Crippen MR) is 86.6 cm³/mol. The second-order valence-electron chi connectivity index (χ2n) is 5.57. The van der Waals surface area contributed by atoms with Gasteiger partial charge in [0, 0.05) is 28.8 Å². The maximum absolute atomic E-state index is 5.97. The van der Waals surface area contributed by atoms with Crippen molar-refractivity contribution in [1.29, 1.82) is 0 Å². The zero-order valence-corrected chi connectivity index (χ0v) is 13.6. The minimum Gasteiger partial charge on any atom is -0.369 e. The highest BCUT2D eigenvalue weighted by molar-refractivity contribution is 9.10. The minimum atomic E-state index is 0.0770. The molecule has 0 saturated heterocycles. The Morgan fingerprint density at radius 2 is 2.00 bits per heavy atom. The van der Waals surface area contributed by atoms with E-state index in [4.69, 9.17) is 5.73 Å². The Bertz CT molecular complexity index is 411.